The Balaban J connectivity index is 1.70. The Morgan fingerprint density at radius 3 is 2.26 bits per heavy atom. The summed E-state index contributed by atoms with van der Waals surface area (Å²) in [5.74, 6) is 0. The van der Waals surface area contributed by atoms with Crippen LogP contribution in [0.2, 0.25) is 0 Å². The lowest BCUT2D eigenvalue weighted by Crippen LogP contribution is -2.18. The minimum Gasteiger partial charge on any atom is -0.371 e. The predicted octanol–water partition coefficient (Wildman–Crippen LogP) is 3.77. The molecule has 2 N–H and O–H groups in total. The van der Waals surface area contributed by atoms with E-state index >= 15 is 0 Å². The van der Waals surface area contributed by atoms with Crippen LogP contribution in [0.4, 0.5) is 5.69 Å². The fourth-order valence-electron chi connectivity index (χ4n) is 3.42. The molecular formula is C20H21N3. The highest BCUT2D eigenvalue weighted by Gasteiger charge is 2.39. The van der Waals surface area contributed by atoms with Gasteiger partial charge in [0, 0.05) is 24.3 Å². The van der Waals surface area contributed by atoms with E-state index in [9.17, 15) is 5.26 Å². The zero-order valence-electron chi connectivity index (χ0n) is 13.3. The van der Waals surface area contributed by atoms with E-state index in [2.05, 4.69) is 41.3 Å². The summed E-state index contributed by atoms with van der Waals surface area (Å²) in [6, 6.07) is 17.0. The summed E-state index contributed by atoms with van der Waals surface area (Å²) in [5.41, 5.74) is 11.5. The third-order valence-electron chi connectivity index (χ3n) is 5.10. The zero-order valence-corrected chi connectivity index (χ0v) is 13.3. The van der Waals surface area contributed by atoms with E-state index in [4.69, 9.17) is 5.73 Å². The van der Waals surface area contributed by atoms with E-state index in [-0.39, 0.29) is 5.54 Å². The summed E-state index contributed by atoms with van der Waals surface area (Å²) in [5, 5.41) is 9.35. The van der Waals surface area contributed by atoms with Gasteiger partial charge >= 0.3 is 0 Å². The SMILES string of the molecule is N#Cc1cc(-c2ccc(C3(N)CC3)cc2)cc(N2CCCC2)c1. The third kappa shape index (κ3) is 2.71. The molecule has 0 radical (unpaired) electrons. The standard InChI is InChI=1S/C20H21N3/c21-14-15-11-17(13-19(12-15)23-9-1-2-10-23)16-3-5-18(6-4-16)20(22)7-8-20/h3-6,11-13H,1-2,7-10,22H2. The van der Waals surface area contributed by atoms with Crippen LogP contribution >= 0.6 is 0 Å². The number of nitrogens with two attached hydrogens (primary N) is 1. The van der Waals surface area contributed by atoms with Crippen molar-refractivity contribution in [2.75, 3.05) is 18.0 Å². The number of rotatable bonds is 3. The summed E-state index contributed by atoms with van der Waals surface area (Å²) in [4.78, 5) is 2.37. The normalized spacial score (nSPS) is 18.7. The summed E-state index contributed by atoms with van der Waals surface area (Å²) in [6.45, 7) is 2.17. The molecule has 116 valence electrons. The molecule has 4 rings (SSSR count). The molecule has 23 heavy (non-hydrogen) atoms. The Morgan fingerprint density at radius 1 is 0.957 bits per heavy atom. The molecule has 3 nitrogen and oxygen atoms in total. The average molecular weight is 303 g/mol. The van der Waals surface area contributed by atoms with Crippen molar-refractivity contribution in [2.45, 2.75) is 31.2 Å². The van der Waals surface area contributed by atoms with Crippen LogP contribution in [0.5, 0.6) is 0 Å². The topological polar surface area (TPSA) is 53.1 Å². The number of benzene rings is 2. The molecule has 0 aromatic heterocycles. The van der Waals surface area contributed by atoms with E-state index in [1.54, 1.807) is 0 Å². The first kappa shape index (κ1) is 14.3. The molecule has 1 heterocycles. The molecule has 2 fully saturated rings. The molecule has 2 aliphatic rings. The maximum Gasteiger partial charge on any atom is 0.0992 e. The Labute approximate surface area is 137 Å². The van der Waals surface area contributed by atoms with E-state index < -0.39 is 0 Å². The monoisotopic (exact) mass is 303 g/mol. The summed E-state index contributed by atoms with van der Waals surface area (Å²) >= 11 is 0. The Morgan fingerprint density at radius 2 is 1.65 bits per heavy atom. The average Bonchev–Trinajstić information content (AvgIpc) is 3.13. The first-order valence-corrected chi connectivity index (χ1v) is 8.38. The van der Waals surface area contributed by atoms with Crippen molar-refractivity contribution in [1.82, 2.24) is 0 Å². The van der Waals surface area contributed by atoms with Crippen molar-refractivity contribution in [3.63, 3.8) is 0 Å². The highest BCUT2D eigenvalue weighted by atomic mass is 15.1. The second-order valence-corrected chi connectivity index (χ2v) is 6.81. The lowest BCUT2D eigenvalue weighted by molar-refractivity contribution is 0.740. The van der Waals surface area contributed by atoms with Crippen LogP contribution < -0.4 is 10.6 Å². The van der Waals surface area contributed by atoms with Gasteiger partial charge in [0.25, 0.3) is 0 Å². The molecule has 0 spiro atoms. The van der Waals surface area contributed by atoms with Crippen LogP contribution in [0.15, 0.2) is 42.5 Å². The Hall–Kier alpha value is -2.31. The minimum absolute atomic E-state index is 0.0895. The van der Waals surface area contributed by atoms with Crippen molar-refractivity contribution < 1.29 is 0 Å². The van der Waals surface area contributed by atoms with Gasteiger partial charge in [-0.15, -0.1) is 0 Å². The number of anilines is 1. The van der Waals surface area contributed by atoms with Gasteiger partial charge in [-0.05, 0) is 60.6 Å². The van der Waals surface area contributed by atoms with Gasteiger partial charge in [0.05, 0.1) is 11.6 Å². The zero-order chi connectivity index (χ0) is 15.9. The first-order valence-electron chi connectivity index (χ1n) is 8.38. The van der Waals surface area contributed by atoms with Crippen LogP contribution in [0.3, 0.4) is 0 Å². The fraction of sp³-hybridized carbons (Fsp3) is 0.350. The van der Waals surface area contributed by atoms with E-state index in [1.165, 1.54) is 18.4 Å². The first-order chi connectivity index (χ1) is 11.2. The highest BCUT2D eigenvalue weighted by molar-refractivity contribution is 5.71. The van der Waals surface area contributed by atoms with Gasteiger partial charge in [0.1, 0.15) is 0 Å². The predicted molar refractivity (Wildman–Crippen MR) is 93.1 cm³/mol. The molecule has 0 bridgehead atoms. The second-order valence-electron chi connectivity index (χ2n) is 6.81. The van der Waals surface area contributed by atoms with Gasteiger partial charge in [-0.25, -0.2) is 0 Å². The minimum atomic E-state index is -0.0895. The van der Waals surface area contributed by atoms with Crippen LogP contribution in [-0.2, 0) is 5.54 Å². The smallest absolute Gasteiger partial charge is 0.0992 e. The van der Waals surface area contributed by atoms with Crippen LogP contribution in [0, 0.1) is 11.3 Å². The maximum absolute atomic E-state index is 9.35. The van der Waals surface area contributed by atoms with Gasteiger partial charge < -0.3 is 10.6 Å². The lowest BCUT2D eigenvalue weighted by atomic mass is 9.98. The summed E-state index contributed by atoms with van der Waals surface area (Å²) in [7, 11) is 0. The van der Waals surface area contributed by atoms with E-state index in [0.717, 1.165) is 48.3 Å². The van der Waals surface area contributed by atoms with Crippen LogP contribution in [-0.4, -0.2) is 13.1 Å². The summed E-state index contributed by atoms with van der Waals surface area (Å²) in [6.07, 6.45) is 4.63. The molecule has 2 aromatic rings. The molecule has 1 aliphatic carbocycles. The van der Waals surface area contributed by atoms with Crippen molar-refractivity contribution >= 4 is 5.69 Å². The molecule has 3 heteroatoms. The third-order valence-corrected chi connectivity index (χ3v) is 5.10. The number of hydrogen-bond acceptors (Lipinski definition) is 3. The molecule has 1 saturated carbocycles. The lowest BCUT2D eigenvalue weighted by Gasteiger charge is -2.19. The van der Waals surface area contributed by atoms with Crippen molar-refractivity contribution in [1.29, 1.82) is 5.26 Å². The van der Waals surface area contributed by atoms with Gasteiger partial charge in [0.2, 0.25) is 0 Å². The molecule has 1 aliphatic heterocycles. The number of nitrogens with zero attached hydrogens (tertiary/aromatic N) is 2. The van der Waals surface area contributed by atoms with Crippen LogP contribution in [0.25, 0.3) is 11.1 Å². The Kier molecular flexibility index (Phi) is 3.36. The van der Waals surface area contributed by atoms with Gasteiger partial charge in [0.15, 0.2) is 0 Å². The maximum atomic E-state index is 9.35. The van der Waals surface area contributed by atoms with Gasteiger partial charge in [-0.2, -0.15) is 5.26 Å². The van der Waals surface area contributed by atoms with Crippen molar-refractivity contribution in [3.05, 3.63) is 53.6 Å². The second kappa shape index (κ2) is 5.40. The molecule has 1 saturated heterocycles. The number of nitriles is 1. The van der Waals surface area contributed by atoms with E-state index in [1.807, 2.05) is 12.1 Å². The molecular weight excluding hydrogens is 282 g/mol. The fourth-order valence-corrected chi connectivity index (χ4v) is 3.42. The molecule has 0 unspecified atom stereocenters. The van der Waals surface area contributed by atoms with Gasteiger partial charge in [-0.3, -0.25) is 0 Å². The number of hydrogen-bond donors (Lipinski definition) is 1. The highest BCUT2D eigenvalue weighted by Crippen LogP contribution is 2.43. The van der Waals surface area contributed by atoms with Gasteiger partial charge in [-0.1, -0.05) is 24.3 Å². The largest absolute Gasteiger partial charge is 0.371 e. The Bertz CT molecular complexity index is 760. The molecule has 0 atom stereocenters. The quantitative estimate of drug-likeness (QED) is 0.939. The van der Waals surface area contributed by atoms with E-state index in [0.29, 0.717) is 0 Å². The molecule has 0 amide bonds. The van der Waals surface area contributed by atoms with Crippen molar-refractivity contribution in [3.8, 4) is 17.2 Å². The van der Waals surface area contributed by atoms with Crippen molar-refractivity contribution in [2.24, 2.45) is 5.73 Å². The summed E-state index contributed by atoms with van der Waals surface area (Å²) < 4.78 is 0. The van der Waals surface area contributed by atoms with Crippen LogP contribution in [0.1, 0.15) is 36.8 Å². The molecule has 2 aromatic carbocycles.